The first kappa shape index (κ1) is 18.0. The number of carbonyl (C=O) groups excluding carboxylic acids is 2. The van der Waals surface area contributed by atoms with E-state index in [1.54, 1.807) is 24.3 Å². The topological polar surface area (TPSA) is 76.1 Å². The standard InChI is InChI=1S/C16H23NO5/c1-12(2)22-14-6-4-13(5-7-14)16(20)17(10-11-18)9-8-15(19)21-3/h4-7,12,18H,8-11H2,1-3H3. The molecule has 0 fully saturated rings. The van der Waals surface area contributed by atoms with Gasteiger partial charge in [-0.25, -0.2) is 0 Å². The summed E-state index contributed by atoms with van der Waals surface area (Å²) in [7, 11) is 1.30. The number of aliphatic hydroxyl groups is 1. The van der Waals surface area contributed by atoms with E-state index in [1.807, 2.05) is 13.8 Å². The minimum atomic E-state index is -0.392. The number of amides is 1. The van der Waals surface area contributed by atoms with Crippen LogP contribution in [0.25, 0.3) is 0 Å². The molecular formula is C16H23NO5. The highest BCUT2D eigenvalue weighted by Crippen LogP contribution is 2.15. The SMILES string of the molecule is COC(=O)CCN(CCO)C(=O)c1ccc(OC(C)C)cc1. The van der Waals surface area contributed by atoms with Crippen LogP contribution in [0.4, 0.5) is 0 Å². The van der Waals surface area contributed by atoms with E-state index in [1.165, 1.54) is 12.0 Å². The smallest absolute Gasteiger partial charge is 0.307 e. The van der Waals surface area contributed by atoms with Crippen LogP contribution in [0.5, 0.6) is 5.75 Å². The minimum absolute atomic E-state index is 0.0625. The lowest BCUT2D eigenvalue weighted by Gasteiger charge is -2.21. The molecule has 1 rings (SSSR count). The van der Waals surface area contributed by atoms with Gasteiger partial charge in [-0.2, -0.15) is 0 Å². The molecule has 6 nitrogen and oxygen atoms in total. The largest absolute Gasteiger partial charge is 0.491 e. The first-order chi connectivity index (χ1) is 10.5. The molecule has 0 aliphatic rings. The van der Waals surface area contributed by atoms with E-state index in [9.17, 15) is 9.59 Å². The molecule has 0 saturated carbocycles. The maximum atomic E-state index is 12.4. The van der Waals surface area contributed by atoms with Gasteiger partial charge in [-0.3, -0.25) is 9.59 Å². The maximum absolute atomic E-state index is 12.4. The van der Waals surface area contributed by atoms with Crippen molar-refractivity contribution < 1.29 is 24.2 Å². The zero-order chi connectivity index (χ0) is 16.5. The second-order valence-corrected chi connectivity index (χ2v) is 5.03. The summed E-state index contributed by atoms with van der Waals surface area (Å²) in [5, 5.41) is 9.07. The van der Waals surface area contributed by atoms with E-state index in [2.05, 4.69) is 4.74 Å². The number of benzene rings is 1. The van der Waals surface area contributed by atoms with Gasteiger partial charge in [0.2, 0.25) is 0 Å². The van der Waals surface area contributed by atoms with E-state index in [4.69, 9.17) is 9.84 Å². The second kappa shape index (κ2) is 9.04. The molecule has 0 bridgehead atoms. The fourth-order valence-electron chi connectivity index (χ4n) is 1.89. The Morgan fingerprint density at radius 2 is 1.82 bits per heavy atom. The Kier molecular flexibility index (Phi) is 7.39. The van der Waals surface area contributed by atoms with Crippen LogP contribution in [-0.2, 0) is 9.53 Å². The van der Waals surface area contributed by atoms with E-state index in [-0.39, 0.29) is 38.1 Å². The van der Waals surface area contributed by atoms with Crippen LogP contribution in [0.1, 0.15) is 30.6 Å². The molecule has 0 aliphatic carbocycles. The number of nitrogens with zero attached hydrogens (tertiary/aromatic N) is 1. The Labute approximate surface area is 130 Å². The van der Waals surface area contributed by atoms with Crippen molar-refractivity contribution in [3.8, 4) is 5.75 Å². The van der Waals surface area contributed by atoms with Crippen LogP contribution in [0, 0.1) is 0 Å². The molecule has 1 amide bonds. The van der Waals surface area contributed by atoms with E-state index >= 15 is 0 Å². The number of carbonyl (C=O) groups is 2. The third-order valence-electron chi connectivity index (χ3n) is 2.94. The molecule has 0 radical (unpaired) electrons. The highest BCUT2D eigenvalue weighted by atomic mass is 16.5. The van der Waals surface area contributed by atoms with Gasteiger partial charge in [-0.1, -0.05) is 0 Å². The maximum Gasteiger partial charge on any atom is 0.307 e. The molecule has 0 saturated heterocycles. The summed E-state index contributed by atoms with van der Waals surface area (Å²) in [5.74, 6) is 0.0558. The van der Waals surface area contributed by atoms with Gasteiger partial charge >= 0.3 is 5.97 Å². The highest BCUT2D eigenvalue weighted by Gasteiger charge is 2.16. The van der Waals surface area contributed by atoms with Crippen molar-refractivity contribution in [1.29, 1.82) is 0 Å². The number of rotatable bonds is 8. The summed E-state index contributed by atoms with van der Waals surface area (Å²) >= 11 is 0. The number of aliphatic hydroxyl groups excluding tert-OH is 1. The number of ether oxygens (including phenoxy) is 2. The van der Waals surface area contributed by atoms with E-state index in [0.29, 0.717) is 11.3 Å². The average Bonchev–Trinajstić information content (AvgIpc) is 2.50. The normalized spacial score (nSPS) is 10.4. The van der Waals surface area contributed by atoms with Gasteiger partial charge in [0, 0.05) is 18.7 Å². The van der Waals surface area contributed by atoms with Crippen molar-refractivity contribution in [3.63, 3.8) is 0 Å². The van der Waals surface area contributed by atoms with Crippen LogP contribution in [0.3, 0.4) is 0 Å². The van der Waals surface area contributed by atoms with Crippen LogP contribution in [0.2, 0.25) is 0 Å². The Morgan fingerprint density at radius 3 is 2.32 bits per heavy atom. The minimum Gasteiger partial charge on any atom is -0.491 e. The highest BCUT2D eigenvalue weighted by molar-refractivity contribution is 5.94. The lowest BCUT2D eigenvalue weighted by Crippen LogP contribution is -2.35. The monoisotopic (exact) mass is 309 g/mol. The molecule has 0 aliphatic heterocycles. The van der Waals surface area contributed by atoms with Crippen LogP contribution in [0.15, 0.2) is 24.3 Å². The molecule has 22 heavy (non-hydrogen) atoms. The molecule has 0 unspecified atom stereocenters. The van der Waals surface area contributed by atoms with Crippen molar-refractivity contribution in [2.75, 3.05) is 26.8 Å². The van der Waals surface area contributed by atoms with E-state index < -0.39 is 5.97 Å². The van der Waals surface area contributed by atoms with Crippen LogP contribution < -0.4 is 4.74 Å². The second-order valence-electron chi connectivity index (χ2n) is 5.03. The fraction of sp³-hybridized carbons (Fsp3) is 0.500. The number of esters is 1. The third-order valence-corrected chi connectivity index (χ3v) is 2.94. The summed E-state index contributed by atoms with van der Waals surface area (Å²) in [6, 6.07) is 6.79. The Bertz CT molecular complexity index is 484. The van der Waals surface area contributed by atoms with Gasteiger partial charge < -0.3 is 19.5 Å². The van der Waals surface area contributed by atoms with Crippen molar-refractivity contribution in [2.45, 2.75) is 26.4 Å². The number of methoxy groups -OCH3 is 1. The summed E-state index contributed by atoms with van der Waals surface area (Å²) in [6.45, 7) is 4.06. The molecule has 0 aromatic heterocycles. The Hall–Kier alpha value is -2.08. The molecule has 0 spiro atoms. The lowest BCUT2D eigenvalue weighted by atomic mass is 10.2. The molecular weight excluding hydrogens is 286 g/mol. The first-order valence-electron chi connectivity index (χ1n) is 7.21. The van der Waals surface area contributed by atoms with Gasteiger partial charge in [0.25, 0.3) is 5.91 Å². The average molecular weight is 309 g/mol. The third kappa shape index (κ3) is 5.73. The van der Waals surface area contributed by atoms with Crippen molar-refractivity contribution >= 4 is 11.9 Å². The number of hydrogen-bond acceptors (Lipinski definition) is 5. The summed E-state index contributed by atoms with van der Waals surface area (Å²) < 4.78 is 10.1. The lowest BCUT2D eigenvalue weighted by molar-refractivity contribution is -0.140. The zero-order valence-electron chi connectivity index (χ0n) is 13.2. The predicted octanol–water partition coefficient (Wildman–Crippen LogP) is 1.47. The fourth-order valence-corrected chi connectivity index (χ4v) is 1.89. The molecule has 1 aromatic carbocycles. The molecule has 122 valence electrons. The van der Waals surface area contributed by atoms with Gasteiger partial charge in [-0.05, 0) is 38.1 Å². The molecule has 0 atom stereocenters. The summed E-state index contributed by atoms with van der Waals surface area (Å²) in [6.07, 6.45) is 0.157. The van der Waals surface area contributed by atoms with Gasteiger partial charge in [-0.15, -0.1) is 0 Å². The number of hydrogen-bond donors (Lipinski definition) is 1. The summed E-state index contributed by atoms with van der Waals surface area (Å²) in [4.78, 5) is 25.0. The Morgan fingerprint density at radius 1 is 1.18 bits per heavy atom. The van der Waals surface area contributed by atoms with Crippen molar-refractivity contribution in [3.05, 3.63) is 29.8 Å². The quantitative estimate of drug-likeness (QED) is 0.736. The first-order valence-corrected chi connectivity index (χ1v) is 7.21. The molecule has 1 N–H and O–H groups in total. The van der Waals surface area contributed by atoms with Crippen molar-refractivity contribution in [2.24, 2.45) is 0 Å². The van der Waals surface area contributed by atoms with Crippen LogP contribution >= 0.6 is 0 Å². The van der Waals surface area contributed by atoms with Gasteiger partial charge in [0.05, 0.1) is 26.2 Å². The molecule has 6 heteroatoms. The van der Waals surface area contributed by atoms with Crippen LogP contribution in [-0.4, -0.2) is 54.8 Å². The Balaban J connectivity index is 2.73. The molecule has 1 aromatic rings. The van der Waals surface area contributed by atoms with E-state index in [0.717, 1.165) is 0 Å². The van der Waals surface area contributed by atoms with Gasteiger partial charge in [0.15, 0.2) is 0 Å². The van der Waals surface area contributed by atoms with Gasteiger partial charge in [0.1, 0.15) is 5.75 Å². The predicted molar refractivity (Wildman–Crippen MR) is 81.8 cm³/mol. The molecule has 0 heterocycles. The zero-order valence-corrected chi connectivity index (χ0v) is 13.2. The van der Waals surface area contributed by atoms with Crippen molar-refractivity contribution in [1.82, 2.24) is 4.90 Å². The summed E-state index contributed by atoms with van der Waals surface area (Å²) in [5.41, 5.74) is 0.481.